The summed E-state index contributed by atoms with van der Waals surface area (Å²) in [6.07, 6.45) is 7.52. The predicted octanol–water partition coefficient (Wildman–Crippen LogP) is 2.50. The van der Waals surface area contributed by atoms with Crippen LogP contribution in [0.1, 0.15) is 19.8 Å². The van der Waals surface area contributed by atoms with Crippen LogP contribution in [-0.4, -0.2) is 13.1 Å². The lowest BCUT2D eigenvalue weighted by Crippen LogP contribution is -2.39. The minimum absolute atomic E-state index is 0.0511. The normalized spacial score (nSPS) is 57.5. The highest BCUT2D eigenvalue weighted by Gasteiger charge is 2.65. The lowest BCUT2D eigenvalue weighted by atomic mass is 9.65. The first-order valence-corrected chi connectivity index (χ1v) is 6.98. The van der Waals surface area contributed by atoms with Gasteiger partial charge in [-0.1, -0.05) is 19.1 Å². The highest BCUT2D eigenvalue weighted by atomic mass is 16.5. The molecule has 4 bridgehead atoms. The summed E-state index contributed by atoms with van der Waals surface area (Å²) in [7, 11) is 1.54. The number of hydrogen-bond acceptors (Lipinski definition) is 2. The molecule has 0 saturated heterocycles. The van der Waals surface area contributed by atoms with Crippen molar-refractivity contribution in [2.75, 3.05) is 7.11 Å². The van der Waals surface area contributed by atoms with Crippen LogP contribution in [-0.2, 0) is 9.53 Å². The largest absolute Gasteiger partial charge is 0.469 e. The Hall–Kier alpha value is -0.790. The minimum atomic E-state index is 0.0511. The summed E-state index contributed by atoms with van der Waals surface area (Å²) in [5.41, 5.74) is 0. The van der Waals surface area contributed by atoms with Gasteiger partial charge < -0.3 is 4.74 Å². The van der Waals surface area contributed by atoms with Gasteiger partial charge in [-0.3, -0.25) is 4.79 Å². The summed E-state index contributed by atoms with van der Waals surface area (Å²) in [4.78, 5) is 12.0. The van der Waals surface area contributed by atoms with Gasteiger partial charge in [0.25, 0.3) is 0 Å². The van der Waals surface area contributed by atoms with E-state index in [9.17, 15) is 4.79 Å². The maximum absolute atomic E-state index is 12.0. The maximum Gasteiger partial charge on any atom is 0.309 e. The third kappa shape index (κ3) is 1.05. The molecule has 4 aliphatic rings. The molecule has 0 radical (unpaired) electrons. The third-order valence-electron chi connectivity index (χ3n) is 6.29. The average Bonchev–Trinajstić information content (AvgIpc) is 3.04. The van der Waals surface area contributed by atoms with Crippen LogP contribution >= 0.6 is 0 Å². The molecular weight excluding hydrogens is 212 g/mol. The number of allylic oxidation sites excluding steroid dienone is 2. The molecule has 2 nitrogen and oxygen atoms in total. The van der Waals surface area contributed by atoms with Gasteiger partial charge in [0.2, 0.25) is 0 Å². The van der Waals surface area contributed by atoms with Crippen LogP contribution in [0.25, 0.3) is 0 Å². The molecule has 8 atom stereocenters. The third-order valence-corrected chi connectivity index (χ3v) is 6.29. The van der Waals surface area contributed by atoms with E-state index < -0.39 is 0 Å². The Bertz CT molecular complexity index is 400. The fourth-order valence-electron chi connectivity index (χ4n) is 5.87. The van der Waals surface area contributed by atoms with Crippen molar-refractivity contribution in [1.29, 1.82) is 0 Å². The Morgan fingerprint density at radius 1 is 1.12 bits per heavy atom. The Morgan fingerprint density at radius 3 is 2.41 bits per heavy atom. The van der Waals surface area contributed by atoms with E-state index in [0.29, 0.717) is 11.8 Å². The van der Waals surface area contributed by atoms with Crippen LogP contribution in [0, 0.1) is 47.3 Å². The molecule has 2 heteroatoms. The summed E-state index contributed by atoms with van der Waals surface area (Å²) in [6.45, 7) is 2.28. The molecule has 4 aliphatic carbocycles. The molecule has 0 N–H and O–H groups in total. The molecule has 3 fully saturated rings. The fourth-order valence-corrected chi connectivity index (χ4v) is 5.87. The first kappa shape index (κ1) is 10.2. The van der Waals surface area contributed by atoms with Crippen molar-refractivity contribution in [3.05, 3.63) is 12.2 Å². The molecule has 3 saturated carbocycles. The molecule has 0 aliphatic heterocycles. The Morgan fingerprint density at radius 2 is 1.76 bits per heavy atom. The van der Waals surface area contributed by atoms with Crippen molar-refractivity contribution in [1.82, 2.24) is 0 Å². The average molecular weight is 232 g/mol. The van der Waals surface area contributed by atoms with Crippen molar-refractivity contribution in [2.24, 2.45) is 47.3 Å². The van der Waals surface area contributed by atoms with Crippen LogP contribution < -0.4 is 0 Å². The quantitative estimate of drug-likeness (QED) is 0.394. The summed E-state index contributed by atoms with van der Waals surface area (Å²) >= 11 is 0. The Balaban J connectivity index is 1.70. The zero-order chi connectivity index (χ0) is 11.7. The predicted molar refractivity (Wildman–Crippen MR) is 64.0 cm³/mol. The van der Waals surface area contributed by atoms with E-state index in [4.69, 9.17) is 4.74 Å². The van der Waals surface area contributed by atoms with Gasteiger partial charge >= 0.3 is 5.97 Å². The van der Waals surface area contributed by atoms with E-state index in [1.54, 1.807) is 7.11 Å². The van der Waals surface area contributed by atoms with Gasteiger partial charge in [-0.2, -0.15) is 0 Å². The molecule has 8 unspecified atom stereocenters. The fraction of sp³-hybridized carbons (Fsp3) is 0.800. The van der Waals surface area contributed by atoms with Crippen molar-refractivity contribution in [3.8, 4) is 0 Å². The van der Waals surface area contributed by atoms with Crippen LogP contribution in [0.15, 0.2) is 12.2 Å². The zero-order valence-electron chi connectivity index (χ0n) is 10.5. The van der Waals surface area contributed by atoms with Gasteiger partial charge in [0, 0.05) is 0 Å². The smallest absolute Gasteiger partial charge is 0.309 e. The highest BCUT2D eigenvalue weighted by Crippen LogP contribution is 2.68. The second kappa shape index (κ2) is 3.15. The van der Waals surface area contributed by atoms with E-state index in [-0.39, 0.29) is 11.9 Å². The molecular formula is C15H20O2. The first-order chi connectivity index (χ1) is 8.22. The molecule has 92 valence electrons. The Kier molecular flexibility index (Phi) is 1.88. The van der Waals surface area contributed by atoms with E-state index >= 15 is 0 Å². The molecule has 4 rings (SSSR count). The SMILES string of the molecule is COC(=O)C1C(C)C2CC1C1C3C=CC(C3)C21. The monoisotopic (exact) mass is 232 g/mol. The number of ether oxygens (including phenoxy) is 1. The Labute approximate surface area is 102 Å². The van der Waals surface area contributed by atoms with E-state index in [0.717, 1.165) is 29.6 Å². The van der Waals surface area contributed by atoms with Gasteiger partial charge in [0.1, 0.15) is 0 Å². The van der Waals surface area contributed by atoms with Gasteiger partial charge in [-0.05, 0) is 54.3 Å². The number of esters is 1. The lowest BCUT2D eigenvalue weighted by Gasteiger charge is -2.39. The zero-order valence-corrected chi connectivity index (χ0v) is 10.5. The number of carbonyl (C=O) groups is 1. The van der Waals surface area contributed by atoms with E-state index in [1.807, 2.05) is 0 Å². The van der Waals surface area contributed by atoms with E-state index in [1.165, 1.54) is 12.8 Å². The molecule has 0 aromatic heterocycles. The molecule has 0 amide bonds. The number of methoxy groups -OCH3 is 1. The van der Waals surface area contributed by atoms with Crippen LogP contribution in [0.4, 0.5) is 0 Å². The van der Waals surface area contributed by atoms with Crippen LogP contribution in [0.3, 0.4) is 0 Å². The molecule has 0 aromatic rings. The first-order valence-electron chi connectivity index (χ1n) is 6.98. The molecule has 17 heavy (non-hydrogen) atoms. The topological polar surface area (TPSA) is 26.3 Å². The second-order valence-electron chi connectivity index (χ2n) is 6.57. The summed E-state index contributed by atoms with van der Waals surface area (Å²) in [6, 6.07) is 0. The molecule has 0 aromatic carbocycles. The van der Waals surface area contributed by atoms with Gasteiger partial charge in [-0.15, -0.1) is 0 Å². The number of carbonyl (C=O) groups excluding carboxylic acids is 1. The van der Waals surface area contributed by atoms with Gasteiger partial charge in [-0.25, -0.2) is 0 Å². The number of hydrogen-bond donors (Lipinski definition) is 0. The molecule has 0 heterocycles. The highest BCUT2D eigenvalue weighted by molar-refractivity contribution is 5.74. The van der Waals surface area contributed by atoms with Crippen molar-refractivity contribution in [3.63, 3.8) is 0 Å². The summed E-state index contributed by atoms with van der Waals surface area (Å²) in [5.74, 6) is 5.50. The van der Waals surface area contributed by atoms with Crippen molar-refractivity contribution in [2.45, 2.75) is 19.8 Å². The minimum Gasteiger partial charge on any atom is -0.469 e. The lowest BCUT2D eigenvalue weighted by molar-refractivity contribution is -0.151. The standard InChI is InChI=1S/C15H20O2/c1-7-10-6-11(12(7)15(16)17-2)14-9-4-3-8(5-9)13(10)14/h3-4,7-14H,5-6H2,1-2H3. The van der Waals surface area contributed by atoms with E-state index in [2.05, 4.69) is 19.1 Å². The second-order valence-corrected chi connectivity index (χ2v) is 6.57. The number of rotatable bonds is 1. The van der Waals surface area contributed by atoms with Crippen molar-refractivity contribution >= 4 is 5.97 Å². The maximum atomic E-state index is 12.0. The number of fused-ring (bicyclic) bond motifs is 9. The van der Waals surface area contributed by atoms with Gasteiger partial charge in [0.15, 0.2) is 0 Å². The summed E-state index contributed by atoms with van der Waals surface area (Å²) < 4.78 is 5.03. The molecule has 0 spiro atoms. The van der Waals surface area contributed by atoms with Crippen LogP contribution in [0.5, 0.6) is 0 Å². The summed E-state index contributed by atoms with van der Waals surface area (Å²) in [5, 5.41) is 0. The van der Waals surface area contributed by atoms with Crippen molar-refractivity contribution < 1.29 is 9.53 Å². The van der Waals surface area contributed by atoms with Gasteiger partial charge in [0.05, 0.1) is 13.0 Å². The van der Waals surface area contributed by atoms with Crippen LogP contribution in [0.2, 0.25) is 0 Å².